The van der Waals surface area contributed by atoms with Gasteiger partial charge in [0.05, 0.1) is 5.69 Å². The number of urea groups is 1. The van der Waals surface area contributed by atoms with E-state index in [1.54, 1.807) is 19.1 Å². The second-order valence-corrected chi connectivity index (χ2v) is 7.63. The van der Waals surface area contributed by atoms with Crippen LogP contribution in [0.5, 0.6) is 0 Å². The van der Waals surface area contributed by atoms with Crippen LogP contribution in [0.2, 0.25) is 0 Å². The Labute approximate surface area is 174 Å². The standard InChI is InChI=1S/C22H24N4O2S/c1-3-4-8-16-11-13-18(14-12-16)24-20(27)19-15(2)23-22(29-19)26-21(28)25-17-9-6-5-7-10-17/h5-7,9-14H,3-4,8H2,1-2H3,(H,24,27)(H2,23,25,26,28). The highest BCUT2D eigenvalue weighted by molar-refractivity contribution is 7.17. The highest BCUT2D eigenvalue weighted by atomic mass is 32.1. The first-order valence-corrected chi connectivity index (χ1v) is 10.4. The summed E-state index contributed by atoms with van der Waals surface area (Å²) in [5.41, 5.74) is 3.25. The van der Waals surface area contributed by atoms with Crippen LogP contribution in [0.25, 0.3) is 0 Å². The van der Waals surface area contributed by atoms with Gasteiger partial charge in [0.1, 0.15) is 4.88 Å². The Balaban J connectivity index is 1.60. The maximum atomic E-state index is 12.6. The molecule has 29 heavy (non-hydrogen) atoms. The molecule has 3 N–H and O–H groups in total. The third kappa shape index (κ3) is 5.89. The SMILES string of the molecule is CCCCc1ccc(NC(=O)c2sc(NC(=O)Nc3ccccc3)nc2C)cc1. The van der Waals surface area contributed by atoms with E-state index in [-0.39, 0.29) is 5.91 Å². The largest absolute Gasteiger partial charge is 0.325 e. The van der Waals surface area contributed by atoms with Gasteiger partial charge in [-0.15, -0.1) is 0 Å². The first kappa shape index (κ1) is 20.5. The number of aryl methyl sites for hydroxylation is 2. The average molecular weight is 409 g/mol. The molecule has 3 amide bonds. The number of para-hydroxylation sites is 1. The number of nitrogens with zero attached hydrogens (tertiary/aromatic N) is 1. The summed E-state index contributed by atoms with van der Waals surface area (Å²) in [5, 5.41) is 8.66. The summed E-state index contributed by atoms with van der Waals surface area (Å²) in [7, 11) is 0. The van der Waals surface area contributed by atoms with E-state index in [9.17, 15) is 9.59 Å². The maximum Gasteiger partial charge on any atom is 0.325 e. The van der Waals surface area contributed by atoms with Crippen molar-refractivity contribution >= 4 is 39.8 Å². The molecule has 3 aromatic rings. The minimum atomic E-state index is -0.403. The summed E-state index contributed by atoms with van der Waals surface area (Å²) in [5.74, 6) is -0.238. The number of aromatic nitrogens is 1. The number of hydrogen-bond acceptors (Lipinski definition) is 4. The maximum absolute atomic E-state index is 12.6. The van der Waals surface area contributed by atoms with Crippen LogP contribution in [0, 0.1) is 6.92 Å². The number of amides is 3. The second-order valence-electron chi connectivity index (χ2n) is 6.63. The molecule has 7 heteroatoms. The molecule has 0 aliphatic carbocycles. The lowest BCUT2D eigenvalue weighted by Gasteiger charge is -2.06. The molecule has 0 unspecified atom stereocenters. The first-order valence-electron chi connectivity index (χ1n) is 9.56. The summed E-state index contributed by atoms with van der Waals surface area (Å²) < 4.78 is 0. The van der Waals surface area contributed by atoms with Crippen molar-refractivity contribution in [3.8, 4) is 0 Å². The molecular formula is C22H24N4O2S. The molecule has 1 aromatic heterocycles. The Hall–Kier alpha value is -3.19. The van der Waals surface area contributed by atoms with E-state index in [0.717, 1.165) is 36.3 Å². The lowest BCUT2D eigenvalue weighted by molar-refractivity contribution is 0.103. The van der Waals surface area contributed by atoms with Crippen LogP contribution in [-0.4, -0.2) is 16.9 Å². The lowest BCUT2D eigenvalue weighted by Crippen LogP contribution is -2.19. The molecule has 6 nitrogen and oxygen atoms in total. The van der Waals surface area contributed by atoms with E-state index in [0.29, 0.717) is 21.4 Å². The zero-order chi connectivity index (χ0) is 20.6. The Morgan fingerprint density at radius 1 is 0.931 bits per heavy atom. The molecule has 0 aliphatic rings. The quantitative estimate of drug-likeness (QED) is 0.469. The van der Waals surface area contributed by atoms with Crippen molar-refractivity contribution in [1.82, 2.24) is 4.98 Å². The normalized spacial score (nSPS) is 10.4. The summed E-state index contributed by atoms with van der Waals surface area (Å²) in [6.45, 7) is 3.92. The van der Waals surface area contributed by atoms with Gasteiger partial charge < -0.3 is 10.6 Å². The van der Waals surface area contributed by atoms with Gasteiger partial charge in [-0.3, -0.25) is 10.1 Å². The molecule has 0 spiro atoms. The molecule has 0 saturated carbocycles. The van der Waals surface area contributed by atoms with Gasteiger partial charge in [-0.05, 0) is 49.6 Å². The number of hydrogen-bond donors (Lipinski definition) is 3. The third-order valence-corrected chi connectivity index (χ3v) is 5.36. The fourth-order valence-corrected chi connectivity index (χ4v) is 3.62. The molecule has 3 rings (SSSR count). The molecular weight excluding hydrogens is 384 g/mol. The van der Waals surface area contributed by atoms with E-state index >= 15 is 0 Å². The van der Waals surface area contributed by atoms with Crippen LogP contribution >= 0.6 is 11.3 Å². The Morgan fingerprint density at radius 2 is 1.62 bits per heavy atom. The minimum absolute atomic E-state index is 0.238. The van der Waals surface area contributed by atoms with Crippen molar-refractivity contribution in [3.63, 3.8) is 0 Å². The predicted molar refractivity (Wildman–Crippen MR) is 119 cm³/mol. The zero-order valence-electron chi connectivity index (χ0n) is 16.5. The fraction of sp³-hybridized carbons (Fsp3) is 0.227. The highest BCUT2D eigenvalue weighted by Gasteiger charge is 2.17. The van der Waals surface area contributed by atoms with E-state index in [1.807, 2.05) is 42.5 Å². The molecule has 150 valence electrons. The van der Waals surface area contributed by atoms with Crippen LogP contribution in [0.1, 0.15) is 40.7 Å². The molecule has 0 fully saturated rings. The summed E-state index contributed by atoms with van der Waals surface area (Å²) >= 11 is 1.14. The summed E-state index contributed by atoms with van der Waals surface area (Å²) in [6, 6.07) is 16.6. The number of anilines is 3. The van der Waals surface area contributed by atoms with Crippen molar-refractivity contribution in [3.05, 3.63) is 70.7 Å². The van der Waals surface area contributed by atoms with Crippen molar-refractivity contribution in [2.24, 2.45) is 0 Å². The van der Waals surface area contributed by atoms with E-state index in [1.165, 1.54) is 5.56 Å². The van der Waals surface area contributed by atoms with E-state index in [4.69, 9.17) is 0 Å². The third-order valence-electron chi connectivity index (χ3n) is 4.29. The minimum Gasteiger partial charge on any atom is -0.321 e. The van der Waals surface area contributed by atoms with Crippen molar-refractivity contribution in [2.75, 3.05) is 16.0 Å². The van der Waals surface area contributed by atoms with Gasteiger partial charge in [0.25, 0.3) is 5.91 Å². The molecule has 0 bridgehead atoms. The lowest BCUT2D eigenvalue weighted by atomic mass is 10.1. The number of thiazole rings is 1. The van der Waals surface area contributed by atoms with E-state index < -0.39 is 6.03 Å². The second kappa shape index (κ2) is 9.84. The van der Waals surface area contributed by atoms with Crippen LogP contribution < -0.4 is 16.0 Å². The predicted octanol–water partition coefficient (Wildman–Crippen LogP) is 5.69. The molecule has 0 saturated heterocycles. The number of carbonyl (C=O) groups is 2. The van der Waals surface area contributed by atoms with Crippen LogP contribution in [0.15, 0.2) is 54.6 Å². The summed E-state index contributed by atoms with van der Waals surface area (Å²) in [4.78, 5) is 29.5. The summed E-state index contributed by atoms with van der Waals surface area (Å²) in [6.07, 6.45) is 3.35. The van der Waals surface area contributed by atoms with E-state index in [2.05, 4.69) is 27.9 Å². The smallest absolute Gasteiger partial charge is 0.321 e. The average Bonchev–Trinajstić information content (AvgIpc) is 3.08. The zero-order valence-corrected chi connectivity index (χ0v) is 17.3. The van der Waals surface area contributed by atoms with Gasteiger partial charge >= 0.3 is 6.03 Å². The van der Waals surface area contributed by atoms with Crippen LogP contribution in [-0.2, 0) is 6.42 Å². The monoisotopic (exact) mass is 408 g/mol. The Kier molecular flexibility index (Phi) is 6.97. The van der Waals surface area contributed by atoms with Gasteiger partial charge in [0.15, 0.2) is 5.13 Å². The number of nitrogens with one attached hydrogen (secondary N) is 3. The van der Waals surface area contributed by atoms with Crippen LogP contribution in [0.4, 0.5) is 21.3 Å². The van der Waals surface area contributed by atoms with Crippen molar-refractivity contribution in [1.29, 1.82) is 0 Å². The van der Waals surface area contributed by atoms with Crippen molar-refractivity contribution in [2.45, 2.75) is 33.1 Å². The molecule has 0 radical (unpaired) electrons. The highest BCUT2D eigenvalue weighted by Crippen LogP contribution is 2.24. The number of benzene rings is 2. The van der Waals surface area contributed by atoms with Gasteiger partial charge in [0, 0.05) is 11.4 Å². The van der Waals surface area contributed by atoms with Gasteiger partial charge in [-0.1, -0.05) is 55.0 Å². The van der Waals surface area contributed by atoms with Gasteiger partial charge in [-0.2, -0.15) is 0 Å². The Bertz CT molecular complexity index is 968. The molecule has 0 atom stereocenters. The Morgan fingerprint density at radius 3 is 2.31 bits per heavy atom. The first-order chi connectivity index (χ1) is 14.0. The van der Waals surface area contributed by atoms with Gasteiger partial charge in [0.2, 0.25) is 0 Å². The molecule has 0 aliphatic heterocycles. The fourth-order valence-electron chi connectivity index (χ4n) is 2.77. The van der Waals surface area contributed by atoms with Gasteiger partial charge in [-0.25, -0.2) is 9.78 Å². The van der Waals surface area contributed by atoms with Crippen molar-refractivity contribution < 1.29 is 9.59 Å². The van der Waals surface area contributed by atoms with Crippen LogP contribution in [0.3, 0.4) is 0 Å². The molecule has 2 aromatic carbocycles. The topological polar surface area (TPSA) is 83.1 Å². The number of carbonyl (C=O) groups excluding carboxylic acids is 2. The number of rotatable bonds is 7. The molecule has 1 heterocycles. The number of unbranched alkanes of at least 4 members (excludes halogenated alkanes) is 1.